The number of nitrogens with one attached hydrogen (secondary N) is 1. The van der Waals surface area contributed by atoms with Crippen LogP contribution in [0.25, 0.3) is 0 Å². The van der Waals surface area contributed by atoms with E-state index in [1.807, 2.05) is 29.2 Å². The molecule has 4 heterocycles. The van der Waals surface area contributed by atoms with E-state index in [-0.39, 0.29) is 24.3 Å². The van der Waals surface area contributed by atoms with Crippen molar-refractivity contribution in [2.75, 3.05) is 42.9 Å². The van der Waals surface area contributed by atoms with Gasteiger partial charge in [-0.2, -0.15) is 0 Å². The summed E-state index contributed by atoms with van der Waals surface area (Å²) in [6.07, 6.45) is 4.15. The molecule has 5 rings (SSSR count). The van der Waals surface area contributed by atoms with E-state index in [1.54, 1.807) is 36.7 Å². The molecule has 10 nitrogen and oxygen atoms in total. The van der Waals surface area contributed by atoms with Crippen LogP contribution in [0.2, 0.25) is 0 Å². The van der Waals surface area contributed by atoms with Crippen LogP contribution in [0.4, 0.5) is 17.3 Å². The Balaban J connectivity index is 1.07. The van der Waals surface area contributed by atoms with Crippen LogP contribution in [0.3, 0.4) is 0 Å². The summed E-state index contributed by atoms with van der Waals surface area (Å²) in [4.78, 5) is 46.8. The highest BCUT2D eigenvalue weighted by Crippen LogP contribution is 2.23. The average Bonchev–Trinajstić information content (AvgIpc) is 3.15. The maximum atomic E-state index is 12.7. The molecule has 0 aliphatic carbocycles. The van der Waals surface area contributed by atoms with E-state index in [1.165, 1.54) is 4.90 Å². The summed E-state index contributed by atoms with van der Waals surface area (Å²) in [6.45, 7) is 2.74. The van der Waals surface area contributed by atoms with Crippen molar-refractivity contribution in [1.82, 2.24) is 25.0 Å². The molecule has 0 saturated carbocycles. The number of aromatic nitrogens is 3. The number of benzene rings is 1. The van der Waals surface area contributed by atoms with Gasteiger partial charge in [-0.15, -0.1) is 10.2 Å². The number of fused-ring (bicyclic) bond motifs is 1. The standard InChI is InChI=1S/C25H25N7O3/c33-23(6-3-13-32-24(34)19-4-1-2-5-20(19)25(32)35)31-16-14-30(15-17-31)22-8-7-21(28-29-22)27-18-9-11-26-12-10-18/h1-2,4-5,7-12H,3,6,13-17H2,(H,26,27,28). The van der Waals surface area contributed by atoms with E-state index in [4.69, 9.17) is 0 Å². The van der Waals surface area contributed by atoms with Crippen molar-refractivity contribution in [3.63, 3.8) is 0 Å². The van der Waals surface area contributed by atoms with Crippen LogP contribution in [0.5, 0.6) is 0 Å². The fourth-order valence-corrected chi connectivity index (χ4v) is 4.32. The quantitative estimate of drug-likeness (QED) is 0.523. The fourth-order valence-electron chi connectivity index (χ4n) is 4.32. The molecule has 1 saturated heterocycles. The molecule has 0 spiro atoms. The minimum Gasteiger partial charge on any atom is -0.352 e. The minimum absolute atomic E-state index is 0.0317. The lowest BCUT2D eigenvalue weighted by Crippen LogP contribution is -2.49. The van der Waals surface area contributed by atoms with Crippen molar-refractivity contribution in [3.8, 4) is 0 Å². The van der Waals surface area contributed by atoms with Gasteiger partial charge in [0.2, 0.25) is 5.91 Å². The van der Waals surface area contributed by atoms with E-state index in [2.05, 4.69) is 25.4 Å². The minimum atomic E-state index is -0.283. The molecule has 0 atom stereocenters. The van der Waals surface area contributed by atoms with Crippen LogP contribution in [-0.2, 0) is 4.79 Å². The number of imide groups is 1. The number of hydrogen-bond donors (Lipinski definition) is 1. The zero-order valence-corrected chi connectivity index (χ0v) is 19.1. The maximum absolute atomic E-state index is 12.7. The first kappa shape index (κ1) is 22.5. The molecule has 178 valence electrons. The van der Waals surface area contributed by atoms with E-state index in [9.17, 15) is 14.4 Å². The van der Waals surface area contributed by atoms with Gasteiger partial charge in [-0.1, -0.05) is 12.1 Å². The molecule has 35 heavy (non-hydrogen) atoms. The molecular formula is C25H25N7O3. The van der Waals surface area contributed by atoms with Gasteiger partial charge in [0.25, 0.3) is 11.8 Å². The van der Waals surface area contributed by atoms with Gasteiger partial charge in [0.15, 0.2) is 11.6 Å². The number of carbonyl (C=O) groups is 3. The van der Waals surface area contributed by atoms with Crippen LogP contribution in [0, 0.1) is 0 Å². The monoisotopic (exact) mass is 471 g/mol. The topological polar surface area (TPSA) is 112 Å². The molecule has 1 N–H and O–H groups in total. The summed E-state index contributed by atoms with van der Waals surface area (Å²) >= 11 is 0. The molecule has 1 aromatic carbocycles. The molecule has 3 amide bonds. The Hall–Kier alpha value is -4.34. The van der Waals surface area contributed by atoms with Gasteiger partial charge in [0, 0.05) is 57.2 Å². The normalized spacial score (nSPS) is 15.4. The molecule has 0 unspecified atom stereocenters. The lowest BCUT2D eigenvalue weighted by Gasteiger charge is -2.35. The summed E-state index contributed by atoms with van der Waals surface area (Å²) in [6, 6.07) is 14.3. The predicted molar refractivity (Wildman–Crippen MR) is 129 cm³/mol. The van der Waals surface area contributed by atoms with Gasteiger partial charge >= 0.3 is 0 Å². The molecule has 2 aliphatic rings. The molecule has 1 fully saturated rings. The third-order valence-electron chi connectivity index (χ3n) is 6.21. The van der Waals surface area contributed by atoms with Gasteiger partial charge in [-0.05, 0) is 42.8 Å². The van der Waals surface area contributed by atoms with Crippen LogP contribution in [-0.4, -0.2) is 75.4 Å². The summed E-state index contributed by atoms with van der Waals surface area (Å²) in [7, 11) is 0. The van der Waals surface area contributed by atoms with Crippen LogP contribution in [0.15, 0.2) is 60.9 Å². The Kier molecular flexibility index (Phi) is 6.34. The van der Waals surface area contributed by atoms with Crippen molar-refractivity contribution < 1.29 is 14.4 Å². The highest BCUT2D eigenvalue weighted by Gasteiger charge is 2.34. The molecule has 2 aromatic heterocycles. The Morgan fingerprint density at radius 1 is 0.857 bits per heavy atom. The first-order valence-corrected chi connectivity index (χ1v) is 11.6. The number of nitrogens with zero attached hydrogens (tertiary/aromatic N) is 6. The van der Waals surface area contributed by atoms with Gasteiger partial charge in [-0.25, -0.2) is 0 Å². The zero-order chi connectivity index (χ0) is 24.2. The molecule has 3 aromatic rings. The predicted octanol–water partition coefficient (Wildman–Crippen LogP) is 2.34. The fraction of sp³-hybridized carbons (Fsp3) is 0.280. The van der Waals surface area contributed by atoms with Crippen LogP contribution >= 0.6 is 0 Å². The van der Waals surface area contributed by atoms with E-state index in [0.717, 1.165) is 11.5 Å². The lowest BCUT2D eigenvalue weighted by atomic mass is 10.1. The smallest absolute Gasteiger partial charge is 0.261 e. The number of piperazine rings is 1. The number of hydrogen-bond acceptors (Lipinski definition) is 8. The first-order valence-electron chi connectivity index (χ1n) is 11.6. The third kappa shape index (κ3) is 4.81. The Bertz CT molecular complexity index is 1190. The van der Waals surface area contributed by atoms with E-state index in [0.29, 0.717) is 56.0 Å². The molecule has 0 bridgehead atoms. The second kappa shape index (κ2) is 9.88. The molecule has 10 heteroatoms. The van der Waals surface area contributed by atoms with Crippen molar-refractivity contribution in [3.05, 3.63) is 72.1 Å². The second-order valence-electron chi connectivity index (χ2n) is 8.42. The van der Waals surface area contributed by atoms with Crippen LogP contribution < -0.4 is 10.2 Å². The number of anilines is 3. The maximum Gasteiger partial charge on any atom is 0.261 e. The SMILES string of the molecule is O=C(CCCN1C(=O)c2ccccc2C1=O)N1CCN(c2ccc(Nc3ccncc3)nn2)CC1. The summed E-state index contributed by atoms with van der Waals surface area (Å²) in [5.41, 5.74) is 1.76. The first-order chi connectivity index (χ1) is 17.1. The van der Waals surface area contributed by atoms with E-state index < -0.39 is 0 Å². The Morgan fingerprint density at radius 3 is 2.17 bits per heavy atom. The van der Waals surface area contributed by atoms with Crippen molar-refractivity contribution >= 4 is 35.0 Å². The molecule has 0 radical (unpaired) electrons. The Labute approximate surface area is 202 Å². The van der Waals surface area contributed by atoms with Gasteiger partial charge in [-0.3, -0.25) is 24.3 Å². The van der Waals surface area contributed by atoms with Gasteiger partial charge in [0.05, 0.1) is 11.1 Å². The molecule has 2 aliphatic heterocycles. The zero-order valence-electron chi connectivity index (χ0n) is 19.1. The van der Waals surface area contributed by atoms with Gasteiger partial charge < -0.3 is 15.1 Å². The summed E-state index contributed by atoms with van der Waals surface area (Å²) in [5, 5.41) is 11.7. The number of amides is 3. The third-order valence-corrected chi connectivity index (χ3v) is 6.21. The average molecular weight is 472 g/mol. The summed E-state index contributed by atoms with van der Waals surface area (Å²) in [5.74, 6) is 0.878. The largest absolute Gasteiger partial charge is 0.352 e. The number of pyridine rings is 1. The number of rotatable bonds is 7. The van der Waals surface area contributed by atoms with Crippen molar-refractivity contribution in [2.24, 2.45) is 0 Å². The van der Waals surface area contributed by atoms with Crippen molar-refractivity contribution in [2.45, 2.75) is 12.8 Å². The van der Waals surface area contributed by atoms with Gasteiger partial charge in [0.1, 0.15) is 0 Å². The van der Waals surface area contributed by atoms with E-state index >= 15 is 0 Å². The Morgan fingerprint density at radius 2 is 1.54 bits per heavy atom. The van der Waals surface area contributed by atoms with Crippen LogP contribution in [0.1, 0.15) is 33.6 Å². The highest BCUT2D eigenvalue weighted by atomic mass is 16.2. The second-order valence-corrected chi connectivity index (χ2v) is 8.42. The van der Waals surface area contributed by atoms with Crippen molar-refractivity contribution in [1.29, 1.82) is 0 Å². The molecular weight excluding hydrogens is 446 g/mol. The lowest BCUT2D eigenvalue weighted by molar-refractivity contribution is -0.131. The number of carbonyl (C=O) groups excluding carboxylic acids is 3. The highest BCUT2D eigenvalue weighted by molar-refractivity contribution is 6.21. The summed E-state index contributed by atoms with van der Waals surface area (Å²) < 4.78 is 0.